The Hall–Kier alpha value is -1.45. The van der Waals surface area contributed by atoms with Crippen LogP contribution in [0.1, 0.15) is 0 Å². The molecule has 8 heteroatoms. The maximum atomic E-state index is 5.98. The van der Waals surface area contributed by atoms with Crippen LogP contribution in [0.25, 0.3) is 0 Å². The van der Waals surface area contributed by atoms with E-state index in [0.717, 1.165) is 17.3 Å². The summed E-state index contributed by atoms with van der Waals surface area (Å²) in [6.45, 7) is 0.495. The van der Waals surface area contributed by atoms with Gasteiger partial charge in [-0.3, -0.25) is 4.99 Å². The maximum Gasteiger partial charge on any atom is 0.189 e. The summed E-state index contributed by atoms with van der Waals surface area (Å²) in [6, 6.07) is 7.74. The van der Waals surface area contributed by atoms with Gasteiger partial charge in [0, 0.05) is 5.34 Å². The van der Waals surface area contributed by atoms with Crippen LogP contribution in [0.4, 0.5) is 0 Å². The number of fused-ring (bicyclic) bond motifs is 1. The van der Waals surface area contributed by atoms with Gasteiger partial charge in [0.05, 0.1) is 0 Å². The lowest BCUT2D eigenvalue weighted by atomic mass is 9.39. The van der Waals surface area contributed by atoms with Crippen molar-refractivity contribution in [3.63, 3.8) is 0 Å². The minimum absolute atomic E-state index is 0.0807. The Labute approximate surface area is 117 Å². The Kier molecular flexibility index (Phi) is 2.66. The normalized spacial score (nSPS) is 26.3. The average molecular weight is 252 g/mol. The highest BCUT2D eigenvalue weighted by Crippen LogP contribution is 2.32. The predicted octanol–water partition coefficient (Wildman–Crippen LogP) is -3.33. The van der Waals surface area contributed by atoms with Gasteiger partial charge < -0.3 is 14.8 Å². The number of ether oxygens (including phenoxy) is 2. The van der Waals surface area contributed by atoms with Crippen molar-refractivity contribution in [1.29, 1.82) is 0 Å². The molecular formula is C11H16B4N2O2. The fraction of sp³-hybridized carbons (Fsp3) is 0.364. The standard InChI is InChI=1S/C11H16B4N2O2/c12-10(13)11(14,15)17-9(16-10)8-5-18-6-3-1-2-4-7(6)19-8/h1-4,8H,5,12-15H2,(H,16,17). The highest BCUT2D eigenvalue weighted by atomic mass is 16.6. The van der Waals surface area contributed by atoms with Crippen LogP contribution < -0.4 is 14.8 Å². The molecule has 2 aliphatic heterocycles. The summed E-state index contributed by atoms with van der Waals surface area (Å²) in [4.78, 5) is 4.77. The zero-order valence-electron chi connectivity index (χ0n) is 11.9. The first-order chi connectivity index (χ1) is 8.89. The Balaban J connectivity index is 1.84. The molecule has 1 N–H and O–H groups in total. The summed E-state index contributed by atoms with van der Waals surface area (Å²) in [7, 11) is 8.57. The summed E-state index contributed by atoms with van der Waals surface area (Å²) in [6.07, 6.45) is -0.157. The Morgan fingerprint density at radius 3 is 2.47 bits per heavy atom. The van der Waals surface area contributed by atoms with E-state index in [4.69, 9.17) is 14.5 Å². The molecule has 3 rings (SSSR count). The molecule has 0 aromatic heterocycles. The van der Waals surface area contributed by atoms with Crippen LogP contribution >= 0.6 is 0 Å². The zero-order chi connectivity index (χ0) is 13.7. The van der Waals surface area contributed by atoms with Crippen molar-refractivity contribution in [2.45, 2.75) is 16.8 Å². The van der Waals surface area contributed by atoms with Gasteiger partial charge in [-0.2, -0.15) is 0 Å². The van der Waals surface area contributed by atoms with Crippen LogP contribution in [-0.4, -0.2) is 60.6 Å². The third kappa shape index (κ3) is 2.03. The largest absolute Gasteiger partial charge is 0.485 e. The van der Waals surface area contributed by atoms with Gasteiger partial charge in [0.1, 0.15) is 43.8 Å². The monoisotopic (exact) mass is 252 g/mol. The van der Waals surface area contributed by atoms with E-state index in [1.54, 1.807) is 0 Å². The quantitative estimate of drug-likeness (QED) is 0.531. The number of nitrogens with zero attached hydrogens (tertiary/aromatic N) is 1. The average Bonchev–Trinajstić information content (AvgIpc) is 2.58. The van der Waals surface area contributed by atoms with Crippen molar-refractivity contribution in [3.05, 3.63) is 24.3 Å². The molecule has 0 bridgehead atoms. The van der Waals surface area contributed by atoms with Crippen molar-refractivity contribution < 1.29 is 9.47 Å². The van der Waals surface area contributed by atoms with E-state index in [-0.39, 0.29) is 16.8 Å². The van der Waals surface area contributed by atoms with Crippen LogP contribution in [0.15, 0.2) is 29.3 Å². The third-order valence-electron chi connectivity index (χ3n) is 4.18. The lowest BCUT2D eigenvalue weighted by Crippen LogP contribution is -2.61. The molecule has 1 aromatic carbocycles. The van der Waals surface area contributed by atoms with Gasteiger partial charge >= 0.3 is 0 Å². The molecule has 0 radical (unpaired) electrons. The highest BCUT2D eigenvalue weighted by molar-refractivity contribution is 6.56. The van der Waals surface area contributed by atoms with Crippen LogP contribution in [0, 0.1) is 0 Å². The molecule has 94 valence electrons. The lowest BCUT2D eigenvalue weighted by Gasteiger charge is -2.34. The summed E-state index contributed by atoms with van der Waals surface area (Å²) in [5.74, 6) is 2.46. The number of rotatable bonds is 1. The SMILES string of the molecule is BC1(B)N=C(C2COc3ccccc3O2)NC1(B)B. The third-order valence-corrected chi connectivity index (χ3v) is 4.18. The molecule has 0 spiro atoms. The molecule has 2 heterocycles. The van der Waals surface area contributed by atoms with Crippen molar-refractivity contribution in [3.8, 4) is 11.5 Å². The molecule has 0 fully saturated rings. The number of hydrogen-bond donors (Lipinski definition) is 1. The first kappa shape index (κ1) is 12.6. The topological polar surface area (TPSA) is 42.9 Å². The molecule has 4 nitrogen and oxygen atoms in total. The second-order valence-electron chi connectivity index (χ2n) is 6.17. The van der Waals surface area contributed by atoms with Crippen LogP contribution in [-0.2, 0) is 0 Å². The molecule has 1 unspecified atom stereocenters. The fourth-order valence-corrected chi connectivity index (χ4v) is 2.25. The first-order valence-electron chi connectivity index (χ1n) is 6.65. The second-order valence-corrected chi connectivity index (χ2v) is 6.17. The summed E-state index contributed by atoms with van der Waals surface area (Å²) < 4.78 is 11.7. The smallest absolute Gasteiger partial charge is 0.189 e. The Morgan fingerprint density at radius 2 is 1.84 bits per heavy atom. The molecule has 1 atom stereocenters. The first-order valence-corrected chi connectivity index (χ1v) is 6.65. The number of amidine groups is 1. The van der Waals surface area contributed by atoms with Gasteiger partial charge in [-0.25, -0.2) is 0 Å². The second kappa shape index (κ2) is 4.02. The van der Waals surface area contributed by atoms with E-state index in [1.807, 2.05) is 24.3 Å². The summed E-state index contributed by atoms with van der Waals surface area (Å²) >= 11 is 0. The molecule has 0 saturated carbocycles. The van der Waals surface area contributed by atoms with Crippen molar-refractivity contribution in [1.82, 2.24) is 5.32 Å². The minimum atomic E-state index is -0.157. The zero-order valence-corrected chi connectivity index (χ0v) is 11.9. The van der Waals surface area contributed by atoms with Gasteiger partial charge in [0.15, 0.2) is 17.6 Å². The molecule has 0 amide bonds. The van der Waals surface area contributed by atoms with Gasteiger partial charge in [0.25, 0.3) is 0 Å². The maximum absolute atomic E-state index is 5.98. The number of hydrogen-bond acceptors (Lipinski definition) is 4. The molecule has 19 heavy (non-hydrogen) atoms. The number of nitrogens with one attached hydrogen (secondary N) is 1. The fourth-order valence-electron chi connectivity index (χ4n) is 2.25. The minimum Gasteiger partial charge on any atom is -0.485 e. The van der Waals surface area contributed by atoms with Crippen LogP contribution in [0.5, 0.6) is 11.5 Å². The van der Waals surface area contributed by atoms with E-state index >= 15 is 0 Å². The van der Waals surface area contributed by atoms with Gasteiger partial charge in [-0.05, 0) is 17.5 Å². The molecule has 0 aliphatic carbocycles. The Bertz CT molecular complexity index is 547. The van der Waals surface area contributed by atoms with Crippen molar-refractivity contribution in [2.24, 2.45) is 4.99 Å². The van der Waals surface area contributed by atoms with E-state index in [1.165, 1.54) is 0 Å². The van der Waals surface area contributed by atoms with E-state index < -0.39 is 0 Å². The van der Waals surface area contributed by atoms with E-state index in [0.29, 0.717) is 6.61 Å². The van der Waals surface area contributed by atoms with Gasteiger partial charge in [-0.15, -0.1) is 0 Å². The lowest BCUT2D eigenvalue weighted by molar-refractivity contribution is 0.133. The summed E-state index contributed by atoms with van der Waals surface area (Å²) in [5.41, 5.74) is 0. The predicted molar refractivity (Wildman–Crippen MR) is 86.6 cm³/mol. The molecule has 2 aliphatic rings. The van der Waals surface area contributed by atoms with Crippen molar-refractivity contribution >= 4 is 37.2 Å². The molecule has 1 aromatic rings. The van der Waals surface area contributed by atoms with Gasteiger partial charge in [0.2, 0.25) is 0 Å². The molecule has 0 saturated heterocycles. The number of aliphatic imine (C=N–C) groups is 1. The van der Waals surface area contributed by atoms with Crippen molar-refractivity contribution in [2.75, 3.05) is 6.61 Å². The highest BCUT2D eigenvalue weighted by Gasteiger charge is 2.44. The number of benzene rings is 1. The molecular weight excluding hydrogens is 235 g/mol. The number of para-hydroxylation sites is 2. The summed E-state index contributed by atoms with van der Waals surface area (Å²) in [5, 5.41) is 3.24. The van der Waals surface area contributed by atoms with Gasteiger partial charge in [-0.1, -0.05) is 12.1 Å². The van der Waals surface area contributed by atoms with Crippen LogP contribution in [0.3, 0.4) is 0 Å². The Morgan fingerprint density at radius 1 is 1.16 bits per heavy atom. The van der Waals surface area contributed by atoms with E-state index in [2.05, 4.69) is 36.7 Å². The van der Waals surface area contributed by atoms with E-state index in [9.17, 15) is 0 Å². The van der Waals surface area contributed by atoms with Crippen LogP contribution in [0.2, 0.25) is 0 Å².